The zero-order chi connectivity index (χ0) is 12.4. The van der Waals surface area contributed by atoms with Crippen molar-refractivity contribution >= 4 is 23.2 Å². The number of amides is 1. The van der Waals surface area contributed by atoms with Crippen molar-refractivity contribution in [1.29, 1.82) is 0 Å². The number of rotatable bonds is 2. The van der Waals surface area contributed by atoms with Crippen molar-refractivity contribution in [2.24, 2.45) is 5.92 Å². The summed E-state index contributed by atoms with van der Waals surface area (Å²) in [5.74, 6) is -0.789. The summed E-state index contributed by atoms with van der Waals surface area (Å²) in [5, 5.41) is 9.17. The van der Waals surface area contributed by atoms with Gasteiger partial charge in [-0.3, -0.25) is 9.78 Å². The minimum absolute atomic E-state index is 0.216. The second-order valence-electron chi connectivity index (χ2n) is 4.35. The first-order valence-corrected chi connectivity index (χ1v) is 6.40. The Hall–Kier alpha value is -1.43. The Morgan fingerprint density at radius 1 is 1.59 bits per heavy atom. The molecule has 0 saturated carbocycles. The van der Waals surface area contributed by atoms with Crippen LogP contribution in [-0.2, 0) is 4.79 Å². The Morgan fingerprint density at radius 3 is 2.94 bits per heavy atom. The third-order valence-corrected chi connectivity index (χ3v) is 3.81. The maximum absolute atomic E-state index is 12.1. The van der Waals surface area contributed by atoms with E-state index in [2.05, 4.69) is 4.98 Å². The van der Waals surface area contributed by atoms with Gasteiger partial charge in [-0.15, -0.1) is 11.3 Å². The zero-order valence-electron chi connectivity index (χ0n) is 9.50. The van der Waals surface area contributed by atoms with Crippen LogP contribution in [0.1, 0.15) is 29.4 Å². The first-order valence-electron chi connectivity index (χ1n) is 5.52. The Bertz CT molecular complexity index is 418. The van der Waals surface area contributed by atoms with Crippen LogP contribution in [0.15, 0.2) is 11.7 Å². The number of hydrogen-bond acceptors (Lipinski definition) is 4. The molecule has 1 fully saturated rings. The van der Waals surface area contributed by atoms with Gasteiger partial charge >= 0.3 is 5.97 Å². The number of carboxylic acid groups (broad SMARTS) is 1. The van der Waals surface area contributed by atoms with Gasteiger partial charge in [-0.1, -0.05) is 6.92 Å². The number of nitrogens with zero attached hydrogens (tertiary/aromatic N) is 2. The molecule has 2 heterocycles. The number of piperidine rings is 1. The lowest BCUT2D eigenvalue weighted by molar-refractivity contribution is -0.144. The van der Waals surface area contributed by atoms with E-state index in [9.17, 15) is 9.59 Å². The Kier molecular flexibility index (Phi) is 3.42. The summed E-state index contributed by atoms with van der Waals surface area (Å²) < 4.78 is 0. The van der Waals surface area contributed by atoms with E-state index in [-0.39, 0.29) is 5.91 Å². The molecule has 2 atom stereocenters. The fraction of sp³-hybridized carbons (Fsp3) is 0.545. The Labute approximate surface area is 103 Å². The molecule has 1 aliphatic heterocycles. The van der Waals surface area contributed by atoms with Crippen LogP contribution in [0.4, 0.5) is 0 Å². The lowest BCUT2D eigenvalue weighted by atomic mass is 9.92. The molecule has 5 nitrogen and oxygen atoms in total. The van der Waals surface area contributed by atoms with Crippen molar-refractivity contribution in [2.75, 3.05) is 6.54 Å². The van der Waals surface area contributed by atoms with Gasteiger partial charge in [-0.2, -0.15) is 0 Å². The monoisotopic (exact) mass is 254 g/mol. The third kappa shape index (κ3) is 2.46. The molecule has 17 heavy (non-hydrogen) atoms. The van der Waals surface area contributed by atoms with Crippen LogP contribution in [0, 0.1) is 5.92 Å². The molecule has 6 heteroatoms. The lowest BCUT2D eigenvalue weighted by Gasteiger charge is -2.35. The van der Waals surface area contributed by atoms with E-state index in [0.29, 0.717) is 23.8 Å². The van der Waals surface area contributed by atoms with E-state index < -0.39 is 12.0 Å². The van der Waals surface area contributed by atoms with Crippen LogP contribution in [0.2, 0.25) is 0 Å². The van der Waals surface area contributed by atoms with Gasteiger partial charge in [-0.05, 0) is 18.8 Å². The van der Waals surface area contributed by atoms with Gasteiger partial charge in [0.05, 0.1) is 11.7 Å². The molecule has 0 radical (unpaired) electrons. The molecule has 1 aliphatic rings. The summed E-state index contributed by atoms with van der Waals surface area (Å²) in [6, 6.07) is -0.701. The van der Waals surface area contributed by atoms with Crippen LogP contribution in [0.25, 0.3) is 0 Å². The normalized spacial score (nSPS) is 24.6. The van der Waals surface area contributed by atoms with Crippen LogP contribution >= 0.6 is 11.3 Å². The first-order chi connectivity index (χ1) is 8.09. The summed E-state index contributed by atoms with van der Waals surface area (Å²) in [5.41, 5.74) is 1.58. The van der Waals surface area contributed by atoms with E-state index in [1.165, 1.54) is 22.4 Å². The second kappa shape index (κ2) is 4.83. The fourth-order valence-electron chi connectivity index (χ4n) is 2.08. The lowest BCUT2D eigenvalue weighted by Crippen LogP contribution is -2.49. The largest absolute Gasteiger partial charge is 0.480 e. The van der Waals surface area contributed by atoms with E-state index in [4.69, 9.17) is 5.11 Å². The molecule has 2 unspecified atom stereocenters. The maximum atomic E-state index is 12.1. The van der Waals surface area contributed by atoms with Crippen molar-refractivity contribution in [1.82, 2.24) is 9.88 Å². The van der Waals surface area contributed by atoms with Crippen LogP contribution in [0.3, 0.4) is 0 Å². The van der Waals surface area contributed by atoms with E-state index in [0.717, 1.165) is 6.42 Å². The molecule has 1 N–H and O–H groups in total. The van der Waals surface area contributed by atoms with Gasteiger partial charge in [-0.25, -0.2) is 4.79 Å². The summed E-state index contributed by atoms with van der Waals surface area (Å²) in [6.45, 7) is 2.53. The van der Waals surface area contributed by atoms with E-state index >= 15 is 0 Å². The predicted octanol–water partition coefficient (Wildman–Crippen LogP) is 1.47. The molecular formula is C11H14N2O3S. The van der Waals surface area contributed by atoms with Crippen LogP contribution in [0.5, 0.6) is 0 Å². The fourth-order valence-corrected chi connectivity index (χ4v) is 2.66. The molecule has 1 aromatic heterocycles. The summed E-state index contributed by atoms with van der Waals surface area (Å²) in [4.78, 5) is 29.1. The maximum Gasteiger partial charge on any atom is 0.326 e. The van der Waals surface area contributed by atoms with E-state index in [1.54, 1.807) is 5.51 Å². The summed E-state index contributed by atoms with van der Waals surface area (Å²) >= 11 is 1.24. The topological polar surface area (TPSA) is 70.5 Å². The highest BCUT2D eigenvalue weighted by Crippen LogP contribution is 2.25. The van der Waals surface area contributed by atoms with Crippen LogP contribution in [-0.4, -0.2) is 39.5 Å². The van der Waals surface area contributed by atoms with Crippen molar-refractivity contribution in [2.45, 2.75) is 25.8 Å². The average molecular weight is 254 g/mol. The Morgan fingerprint density at radius 2 is 2.35 bits per heavy atom. The number of carboxylic acids is 1. The molecule has 1 amide bonds. The van der Waals surface area contributed by atoms with Gasteiger partial charge in [0.1, 0.15) is 10.9 Å². The first kappa shape index (κ1) is 12.0. The number of thiazole rings is 1. The van der Waals surface area contributed by atoms with Crippen molar-refractivity contribution in [3.8, 4) is 0 Å². The molecule has 92 valence electrons. The quantitative estimate of drug-likeness (QED) is 0.867. The summed E-state index contributed by atoms with van der Waals surface area (Å²) in [7, 11) is 0. The van der Waals surface area contributed by atoms with E-state index in [1.807, 2.05) is 6.92 Å². The summed E-state index contributed by atoms with van der Waals surface area (Å²) in [6.07, 6.45) is 2.87. The molecular weight excluding hydrogens is 240 g/mol. The highest BCUT2D eigenvalue weighted by Gasteiger charge is 2.35. The van der Waals surface area contributed by atoms with Crippen molar-refractivity contribution < 1.29 is 14.7 Å². The number of aliphatic carboxylic acids is 1. The van der Waals surface area contributed by atoms with Gasteiger partial charge in [0, 0.05) is 6.54 Å². The van der Waals surface area contributed by atoms with Gasteiger partial charge in [0.15, 0.2) is 0 Å². The number of hydrogen-bond donors (Lipinski definition) is 1. The van der Waals surface area contributed by atoms with Crippen LogP contribution < -0.4 is 0 Å². The minimum atomic E-state index is -0.922. The number of carbonyl (C=O) groups is 2. The molecule has 0 bridgehead atoms. The molecule has 0 spiro atoms. The minimum Gasteiger partial charge on any atom is -0.480 e. The second-order valence-corrected chi connectivity index (χ2v) is 5.23. The average Bonchev–Trinajstić information content (AvgIpc) is 2.81. The smallest absolute Gasteiger partial charge is 0.326 e. The standard InChI is InChI=1S/C11H14N2O3S/c1-7-2-3-13(8(4-7)11(15)16)10(14)9-5-12-6-17-9/h5-8H,2-4H2,1H3,(H,15,16). The highest BCUT2D eigenvalue weighted by molar-refractivity contribution is 7.11. The third-order valence-electron chi connectivity index (χ3n) is 3.05. The van der Waals surface area contributed by atoms with Crippen molar-refractivity contribution in [3.05, 3.63) is 16.6 Å². The highest BCUT2D eigenvalue weighted by atomic mass is 32.1. The van der Waals surface area contributed by atoms with Gasteiger partial charge in [0.25, 0.3) is 5.91 Å². The van der Waals surface area contributed by atoms with Crippen molar-refractivity contribution in [3.63, 3.8) is 0 Å². The van der Waals surface area contributed by atoms with Gasteiger partial charge in [0.2, 0.25) is 0 Å². The molecule has 1 aromatic rings. The molecule has 0 aliphatic carbocycles. The number of carbonyl (C=O) groups excluding carboxylic acids is 1. The van der Waals surface area contributed by atoms with Gasteiger partial charge < -0.3 is 10.0 Å². The predicted molar refractivity (Wildman–Crippen MR) is 63.0 cm³/mol. The molecule has 2 rings (SSSR count). The molecule has 1 saturated heterocycles. The SMILES string of the molecule is CC1CCN(C(=O)c2cncs2)C(C(=O)O)C1. The zero-order valence-corrected chi connectivity index (χ0v) is 10.3. The Balaban J connectivity index is 2.18. The molecule has 0 aromatic carbocycles. The number of aromatic nitrogens is 1. The number of likely N-dealkylation sites (tertiary alicyclic amines) is 1.